The predicted molar refractivity (Wildman–Crippen MR) is 57.5 cm³/mol. The van der Waals surface area contributed by atoms with Crippen molar-refractivity contribution in [1.82, 2.24) is 4.98 Å². The summed E-state index contributed by atoms with van der Waals surface area (Å²) in [6.07, 6.45) is 3.48. The van der Waals surface area contributed by atoms with E-state index in [9.17, 15) is 0 Å². The average molecular weight is 225 g/mol. The molecule has 1 aromatic rings. The van der Waals surface area contributed by atoms with Crippen LogP contribution in [0.3, 0.4) is 0 Å². The van der Waals surface area contributed by atoms with Gasteiger partial charge in [0.15, 0.2) is 0 Å². The number of methoxy groups -OCH3 is 1. The van der Waals surface area contributed by atoms with Crippen LogP contribution in [0.4, 0.5) is 0 Å². The first-order chi connectivity index (χ1) is 5.34. The largest absolute Gasteiger partial charge is 0.383 e. The van der Waals surface area contributed by atoms with Crippen LogP contribution in [0.1, 0.15) is 11.6 Å². The molecule has 0 radical (unpaired) electrons. The van der Waals surface area contributed by atoms with Crippen molar-refractivity contribution in [3.63, 3.8) is 0 Å². The molecule has 3 nitrogen and oxygen atoms in total. The van der Waals surface area contributed by atoms with Gasteiger partial charge < -0.3 is 10.5 Å². The topological polar surface area (TPSA) is 48.1 Å². The summed E-state index contributed by atoms with van der Waals surface area (Å²) in [4.78, 5) is 3.95. The summed E-state index contributed by atoms with van der Waals surface area (Å²) in [7, 11) is 1.64. The minimum Gasteiger partial charge on any atom is -0.383 e. The molecule has 5 heteroatoms. The maximum Gasteiger partial charge on any atom is 0.0656 e. The van der Waals surface area contributed by atoms with Crippen molar-refractivity contribution in [3.05, 3.63) is 30.1 Å². The number of aromatic nitrogens is 1. The summed E-state index contributed by atoms with van der Waals surface area (Å²) >= 11 is 0. The monoisotopic (exact) mass is 224 g/mol. The van der Waals surface area contributed by atoms with Crippen molar-refractivity contribution in [2.24, 2.45) is 5.73 Å². The number of nitrogens with two attached hydrogens (primary N) is 1. The Morgan fingerprint density at radius 1 is 1.54 bits per heavy atom. The number of hydrogen-bond donors (Lipinski definition) is 1. The van der Waals surface area contributed by atoms with Crippen molar-refractivity contribution in [1.29, 1.82) is 0 Å². The lowest BCUT2D eigenvalue weighted by atomic mass is 10.1. The lowest BCUT2D eigenvalue weighted by Crippen LogP contribution is -2.15. The van der Waals surface area contributed by atoms with Gasteiger partial charge in [0.25, 0.3) is 0 Å². The summed E-state index contributed by atoms with van der Waals surface area (Å²) in [6, 6.07) is 3.75. The van der Waals surface area contributed by atoms with Gasteiger partial charge in [-0.2, -0.15) is 0 Å². The van der Waals surface area contributed by atoms with Gasteiger partial charge in [0, 0.05) is 19.5 Å². The normalized spacial score (nSPS) is 10.9. The van der Waals surface area contributed by atoms with Gasteiger partial charge in [-0.05, 0) is 11.6 Å². The number of pyridine rings is 1. The molecule has 76 valence electrons. The molecule has 0 fully saturated rings. The second-order valence-electron chi connectivity index (χ2n) is 2.35. The molecule has 0 aromatic carbocycles. The smallest absolute Gasteiger partial charge is 0.0656 e. The van der Waals surface area contributed by atoms with Crippen molar-refractivity contribution in [2.75, 3.05) is 13.7 Å². The maximum absolute atomic E-state index is 5.74. The minimum atomic E-state index is -0.0614. The summed E-state index contributed by atoms with van der Waals surface area (Å²) in [6.45, 7) is 0.533. The van der Waals surface area contributed by atoms with E-state index in [1.54, 1.807) is 19.5 Å². The van der Waals surface area contributed by atoms with Crippen LogP contribution in [0.25, 0.3) is 0 Å². The van der Waals surface area contributed by atoms with Gasteiger partial charge in [-0.1, -0.05) is 6.07 Å². The summed E-state index contributed by atoms with van der Waals surface area (Å²) in [5, 5.41) is 0. The highest BCUT2D eigenvalue weighted by molar-refractivity contribution is 5.85. The first-order valence-electron chi connectivity index (χ1n) is 3.49. The molecule has 0 spiro atoms. The van der Waals surface area contributed by atoms with Crippen LogP contribution in [0.15, 0.2) is 24.5 Å². The number of rotatable bonds is 3. The van der Waals surface area contributed by atoms with Crippen LogP contribution in [0, 0.1) is 0 Å². The van der Waals surface area contributed by atoms with Crippen LogP contribution in [0.5, 0.6) is 0 Å². The van der Waals surface area contributed by atoms with Gasteiger partial charge in [-0.15, -0.1) is 24.8 Å². The Morgan fingerprint density at radius 2 is 2.23 bits per heavy atom. The van der Waals surface area contributed by atoms with Crippen molar-refractivity contribution < 1.29 is 4.74 Å². The second kappa shape index (κ2) is 8.26. The zero-order valence-electron chi connectivity index (χ0n) is 7.34. The first kappa shape index (κ1) is 15.1. The maximum atomic E-state index is 5.74. The lowest BCUT2D eigenvalue weighted by molar-refractivity contribution is 0.181. The van der Waals surface area contributed by atoms with Crippen LogP contribution in [-0.4, -0.2) is 18.7 Å². The number of ether oxygens (including phenoxy) is 1. The molecule has 0 bridgehead atoms. The van der Waals surface area contributed by atoms with E-state index in [-0.39, 0.29) is 30.9 Å². The highest BCUT2D eigenvalue weighted by Gasteiger charge is 2.03. The van der Waals surface area contributed by atoms with E-state index in [0.717, 1.165) is 5.56 Å². The number of halogens is 2. The van der Waals surface area contributed by atoms with Crippen molar-refractivity contribution in [3.8, 4) is 0 Å². The molecule has 1 rings (SSSR count). The quantitative estimate of drug-likeness (QED) is 0.849. The third kappa shape index (κ3) is 5.05. The van der Waals surface area contributed by atoms with E-state index in [2.05, 4.69) is 4.98 Å². The molecular formula is C8H14Cl2N2O. The molecule has 0 saturated heterocycles. The SMILES string of the molecule is COC[C@@H](N)c1cccnc1.Cl.Cl. The second-order valence-corrected chi connectivity index (χ2v) is 2.35. The fourth-order valence-electron chi connectivity index (χ4n) is 0.871. The third-order valence-electron chi connectivity index (χ3n) is 1.46. The molecule has 2 N–H and O–H groups in total. The van der Waals surface area contributed by atoms with Crippen molar-refractivity contribution in [2.45, 2.75) is 6.04 Å². The van der Waals surface area contributed by atoms with E-state index in [0.29, 0.717) is 6.61 Å². The average Bonchev–Trinajstić information content (AvgIpc) is 2.07. The van der Waals surface area contributed by atoms with E-state index in [1.165, 1.54) is 0 Å². The van der Waals surface area contributed by atoms with E-state index in [1.807, 2.05) is 12.1 Å². The third-order valence-corrected chi connectivity index (χ3v) is 1.46. The summed E-state index contributed by atoms with van der Waals surface area (Å²) in [5.74, 6) is 0. The minimum absolute atomic E-state index is 0. The molecule has 1 atom stereocenters. The Balaban J connectivity index is 0. The molecule has 1 aromatic heterocycles. The highest BCUT2D eigenvalue weighted by Crippen LogP contribution is 2.06. The summed E-state index contributed by atoms with van der Waals surface area (Å²) in [5.41, 5.74) is 6.75. The van der Waals surface area contributed by atoms with Gasteiger partial charge in [-0.25, -0.2) is 0 Å². The van der Waals surface area contributed by atoms with E-state index < -0.39 is 0 Å². The molecule has 0 aliphatic carbocycles. The molecule has 0 unspecified atom stereocenters. The fourth-order valence-corrected chi connectivity index (χ4v) is 0.871. The summed E-state index contributed by atoms with van der Waals surface area (Å²) < 4.78 is 4.91. The van der Waals surface area contributed by atoms with E-state index in [4.69, 9.17) is 10.5 Å². The van der Waals surface area contributed by atoms with E-state index >= 15 is 0 Å². The molecule has 0 aliphatic rings. The fraction of sp³-hybridized carbons (Fsp3) is 0.375. The highest BCUT2D eigenvalue weighted by atomic mass is 35.5. The Morgan fingerprint density at radius 3 is 2.69 bits per heavy atom. The zero-order chi connectivity index (χ0) is 8.10. The predicted octanol–water partition coefficient (Wildman–Crippen LogP) is 1.57. The van der Waals surface area contributed by atoms with Gasteiger partial charge >= 0.3 is 0 Å². The lowest BCUT2D eigenvalue weighted by Gasteiger charge is -2.08. The standard InChI is InChI=1S/C8H12N2O.2ClH/c1-11-6-8(9)7-3-2-4-10-5-7;;/h2-5,8H,6,9H2,1H3;2*1H/t8-;;/m1../s1. The molecule has 0 aliphatic heterocycles. The van der Waals surface area contributed by atoms with Gasteiger partial charge in [-0.3, -0.25) is 4.98 Å². The van der Waals surface area contributed by atoms with Gasteiger partial charge in [0.05, 0.1) is 12.6 Å². The molecule has 0 saturated carbocycles. The van der Waals surface area contributed by atoms with Crippen LogP contribution in [-0.2, 0) is 4.74 Å². The van der Waals surface area contributed by atoms with Crippen LogP contribution >= 0.6 is 24.8 Å². The Bertz CT molecular complexity index is 209. The zero-order valence-corrected chi connectivity index (χ0v) is 8.98. The number of hydrogen-bond acceptors (Lipinski definition) is 3. The Hall–Kier alpha value is -0.350. The molecule has 13 heavy (non-hydrogen) atoms. The Kier molecular flexibility index (Phi) is 9.61. The number of nitrogens with zero attached hydrogens (tertiary/aromatic N) is 1. The molecule has 1 heterocycles. The molecule has 0 amide bonds. The Labute approximate surface area is 90.5 Å². The molecular weight excluding hydrogens is 211 g/mol. The van der Waals surface area contributed by atoms with Crippen LogP contribution < -0.4 is 5.73 Å². The van der Waals surface area contributed by atoms with Crippen LogP contribution in [0.2, 0.25) is 0 Å². The van der Waals surface area contributed by atoms with Crippen molar-refractivity contribution >= 4 is 24.8 Å². The van der Waals surface area contributed by atoms with Gasteiger partial charge in [0.2, 0.25) is 0 Å². The van der Waals surface area contributed by atoms with Gasteiger partial charge in [0.1, 0.15) is 0 Å². The first-order valence-corrected chi connectivity index (χ1v) is 3.49.